The van der Waals surface area contributed by atoms with E-state index in [-0.39, 0.29) is 17.0 Å². The van der Waals surface area contributed by atoms with Crippen molar-refractivity contribution < 1.29 is 18.0 Å². The van der Waals surface area contributed by atoms with Gasteiger partial charge in [-0.15, -0.1) is 0 Å². The number of nitrogens with zero attached hydrogens (tertiary/aromatic N) is 2. The number of carbonyl (C=O) groups is 1. The molecule has 0 atom stereocenters. The molecule has 10 heteroatoms. The fourth-order valence-electron chi connectivity index (χ4n) is 3.13. The van der Waals surface area contributed by atoms with Crippen LogP contribution in [-0.4, -0.2) is 21.2 Å². The number of alkyl halides is 3. The van der Waals surface area contributed by atoms with Gasteiger partial charge in [-0.1, -0.05) is 45.9 Å². The van der Waals surface area contributed by atoms with Gasteiger partial charge in [-0.3, -0.25) is 14.2 Å². The SMILES string of the molecule is O=C(CSc1nc2ccccc2c(=O)n1-c1ccc(Br)cc1)Nc1cccc(C(F)(F)F)c1. The first-order valence-corrected chi connectivity index (χ1v) is 11.4. The minimum atomic E-state index is -4.51. The number of nitrogens with one attached hydrogen (secondary N) is 1. The molecule has 0 bridgehead atoms. The van der Waals surface area contributed by atoms with E-state index >= 15 is 0 Å². The first-order valence-electron chi connectivity index (χ1n) is 9.60. The maximum atomic E-state index is 13.2. The molecule has 0 saturated carbocycles. The molecule has 1 amide bonds. The topological polar surface area (TPSA) is 64.0 Å². The Morgan fingerprint density at radius 2 is 1.76 bits per heavy atom. The summed E-state index contributed by atoms with van der Waals surface area (Å²) in [6.45, 7) is 0. The Morgan fingerprint density at radius 1 is 1.03 bits per heavy atom. The number of anilines is 1. The van der Waals surface area contributed by atoms with Crippen LogP contribution >= 0.6 is 27.7 Å². The van der Waals surface area contributed by atoms with E-state index in [1.807, 2.05) is 0 Å². The van der Waals surface area contributed by atoms with Crippen LogP contribution in [0.25, 0.3) is 16.6 Å². The summed E-state index contributed by atoms with van der Waals surface area (Å²) in [4.78, 5) is 30.2. The fraction of sp³-hybridized carbons (Fsp3) is 0.0870. The zero-order valence-electron chi connectivity index (χ0n) is 16.8. The minimum absolute atomic E-state index is 0.0344. The predicted octanol–water partition coefficient (Wildman–Crippen LogP) is 5.90. The lowest BCUT2D eigenvalue weighted by molar-refractivity contribution is -0.137. The van der Waals surface area contributed by atoms with E-state index in [9.17, 15) is 22.8 Å². The second-order valence-corrected chi connectivity index (χ2v) is 8.80. The number of aromatic nitrogens is 2. The second-order valence-electron chi connectivity index (χ2n) is 6.94. The number of para-hydroxylation sites is 1. The maximum Gasteiger partial charge on any atom is 0.416 e. The number of amides is 1. The summed E-state index contributed by atoms with van der Waals surface area (Å²) in [7, 11) is 0. The van der Waals surface area contributed by atoms with Crippen LogP contribution < -0.4 is 10.9 Å². The first-order chi connectivity index (χ1) is 15.7. The van der Waals surface area contributed by atoms with Gasteiger partial charge in [-0.25, -0.2) is 4.98 Å². The zero-order chi connectivity index (χ0) is 23.6. The van der Waals surface area contributed by atoms with E-state index in [1.54, 1.807) is 48.5 Å². The van der Waals surface area contributed by atoms with Crippen molar-refractivity contribution in [2.45, 2.75) is 11.3 Å². The average molecular weight is 534 g/mol. The van der Waals surface area contributed by atoms with E-state index in [0.717, 1.165) is 28.4 Å². The van der Waals surface area contributed by atoms with Gasteiger partial charge in [0.25, 0.3) is 5.56 Å². The Bertz CT molecular complexity index is 1390. The summed E-state index contributed by atoms with van der Waals surface area (Å²) in [6.07, 6.45) is -4.51. The van der Waals surface area contributed by atoms with Gasteiger partial charge in [0.2, 0.25) is 5.91 Å². The quantitative estimate of drug-likeness (QED) is 0.256. The second kappa shape index (κ2) is 9.40. The Balaban J connectivity index is 1.62. The Labute approximate surface area is 198 Å². The highest BCUT2D eigenvalue weighted by Crippen LogP contribution is 2.31. The molecule has 0 aliphatic rings. The van der Waals surface area contributed by atoms with Crippen molar-refractivity contribution in [3.05, 3.63) is 93.2 Å². The van der Waals surface area contributed by atoms with Gasteiger partial charge in [0.05, 0.1) is 27.9 Å². The summed E-state index contributed by atoms with van der Waals surface area (Å²) in [6, 6.07) is 18.3. The monoisotopic (exact) mass is 533 g/mol. The van der Waals surface area contributed by atoms with Gasteiger partial charge in [-0.2, -0.15) is 13.2 Å². The van der Waals surface area contributed by atoms with Crippen LogP contribution in [0, 0.1) is 0 Å². The fourth-order valence-corrected chi connectivity index (χ4v) is 4.20. The molecule has 1 heterocycles. The van der Waals surface area contributed by atoms with Crippen LogP contribution in [0.3, 0.4) is 0 Å². The third kappa shape index (κ3) is 5.28. The molecule has 3 aromatic carbocycles. The number of hydrogen-bond acceptors (Lipinski definition) is 4. The van der Waals surface area contributed by atoms with Gasteiger partial charge in [-0.05, 0) is 54.6 Å². The van der Waals surface area contributed by atoms with Crippen LogP contribution in [-0.2, 0) is 11.0 Å². The van der Waals surface area contributed by atoms with Gasteiger partial charge in [0.1, 0.15) is 0 Å². The zero-order valence-corrected chi connectivity index (χ0v) is 19.2. The molecule has 0 aliphatic heterocycles. The van der Waals surface area contributed by atoms with Crippen molar-refractivity contribution in [2.75, 3.05) is 11.1 Å². The largest absolute Gasteiger partial charge is 0.416 e. The number of rotatable bonds is 5. The first kappa shape index (κ1) is 23.1. The molecule has 1 aromatic heterocycles. The molecule has 0 radical (unpaired) electrons. The molecule has 0 unspecified atom stereocenters. The third-order valence-electron chi connectivity index (χ3n) is 4.64. The number of carbonyl (C=O) groups excluding carboxylic acids is 1. The number of hydrogen-bond donors (Lipinski definition) is 1. The van der Waals surface area contributed by atoms with Crippen molar-refractivity contribution in [1.82, 2.24) is 9.55 Å². The maximum absolute atomic E-state index is 13.2. The Morgan fingerprint density at radius 3 is 2.48 bits per heavy atom. The van der Waals surface area contributed by atoms with E-state index in [2.05, 4.69) is 26.2 Å². The average Bonchev–Trinajstić information content (AvgIpc) is 2.78. The summed E-state index contributed by atoms with van der Waals surface area (Å²) in [5.74, 6) is -0.679. The van der Waals surface area contributed by atoms with Crippen LogP contribution in [0.1, 0.15) is 5.56 Å². The molecule has 0 aliphatic carbocycles. The molecule has 5 nitrogen and oxygen atoms in total. The van der Waals surface area contributed by atoms with E-state index in [4.69, 9.17) is 0 Å². The van der Waals surface area contributed by atoms with Crippen molar-refractivity contribution in [3.8, 4) is 5.69 Å². The minimum Gasteiger partial charge on any atom is -0.325 e. The van der Waals surface area contributed by atoms with Crippen LogP contribution in [0.2, 0.25) is 0 Å². The summed E-state index contributed by atoms with van der Waals surface area (Å²) < 4.78 is 41.0. The highest BCUT2D eigenvalue weighted by molar-refractivity contribution is 9.10. The molecule has 4 aromatic rings. The normalized spacial score (nSPS) is 11.5. The molecule has 33 heavy (non-hydrogen) atoms. The van der Waals surface area contributed by atoms with Crippen LogP contribution in [0.4, 0.5) is 18.9 Å². The van der Waals surface area contributed by atoms with Crippen molar-refractivity contribution in [3.63, 3.8) is 0 Å². The van der Waals surface area contributed by atoms with Gasteiger partial charge < -0.3 is 5.32 Å². The smallest absolute Gasteiger partial charge is 0.325 e. The third-order valence-corrected chi connectivity index (χ3v) is 6.10. The van der Waals surface area contributed by atoms with Gasteiger partial charge in [0.15, 0.2) is 5.16 Å². The lowest BCUT2D eigenvalue weighted by atomic mass is 10.2. The molecule has 4 rings (SSSR count). The van der Waals surface area contributed by atoms with Crippen molar-refractivity contribution in [1.29, 1.82) is 0 Å². The van der Waals surface area contributed by atoms with Crippen LogP contribution in [0.5, 0.6) is 0 Å². The number of fused-ring (bicyclic) bond motifs is 1. The van der Waals surface area contributed by atoms with E-state index < -0.39 is 17.6 Å². The Kier molecular flexibility index (Phi) is 6.57. The standard InChI is InChI=1S/C23H15BrF3N3O2S/c24-15-8-10-17(11-9-15)30-21(32)18-6-1-2-7-19(18)29-22(30)33-13-20(31)28-16-5-3-4-14(12-16)23(25,26)27/h1-12H,13H2,(H,28,31). The van der Waals surface area contributed by atoms with Gasteiger partial charge >= 0.3 is 6.18 Å². The van der Waals surface area contributed by atoms with Crippen LogP contribution in [0.15, 0.2) is 87.2 Å². The van der Waals surface area contributed by atoms with E-state index in [0.29, 0.717) is 21.7 Å². The molecule has 0 saturated heterocycles. The molecule has 168 valence electrons. The number of benzene rings is 3. The highest BCUT2D eigenvalue weighted by Gasteiger charge is 2.30. The number of halogens is 4. The molecule has 1 N–H and O–H groups in total. The lowest BCUT2D eigenvalue weighted by Crippen LogP contribution is -2.23. The highest BCUT2D eigenvalue weighted by atomic mass is 79.9. The lowest BCUT2D eigenvalue weighted by Gasteiger charge is -2.13. The summed E-state index contributed by atoms with van der Waals surface area (Å²) >= 11 is 4.38. The van der Waals surface area contributed by atoms with Gasteiger partial charge in [0, 0.05) is 10.2 Å². The predicted molar refractivity (Wildman–Crippen MR) is 126 cm³/mol. The summed E-state index contributed by atoms with van der Waals surface area (Å²) in [5.41, 5.74) is -0.0528. The molecular formula is C23H15BrF3N3O2S. The van der Waals surface area contributed by atoms with Crippen molar-refractivity contribution >= 4 is 50.2 Å². The summed E-state index contributed by atoms with van der Waals surface area (Å²) in [5, 5.41) is 3.18. The molecule has 0 spiro atoms. The molecule has 0 fully saturated rings. The van der Waals surface area contributed by atoms with Crippen molar-refractivity contribution in [2.24, 2.45) is 0 Å². The Hall–Kier alpha value is -3.11. The molecular weight excluding hydrogens is 519 g/mol. The van der Waals surface area contributed by atoms with E-state index in [1.165, 1.54) is 16.7 Å². The number of thioether (sulfide) groups is 1.